The number of rotatable bonds is 6. The third kappa shape index (κ3) is 5.12. The van der Waals surface area contributed by atoms with E-state index in [1.54, 1.807) is 0 Å². The number of benzene rings is 3. The zero-order valence-electron chi connectivity index (χ0n) is 15.9. The molecule has 0 radical (unpaired) electrons. The van der Waals surface area contributed by atoms with E-state index in [0.29, 0.717) is 17.2 Å². The van der Waals surface area contributed by atoms with Gasteiger partial charge in [0, 0.05) is 11.8 Å². The summed E-state index contributed by atoms with van der Waals surface area (Å²) in [5.74, 6) is 1.96. The van der Waals surface area contributed by atoms with Gasteiger partial charge < -0.3 is 13.6 Å². The molecule has 0 atom stereocenters. The van der Waals surface area contributed by atoms with E-state index >= 15 is 0 Å². The summed E-state index contributed by atoms with van der Waals surface area (Å²) < 4.78 is 18.4. The normalized spacial score (nSPS) is 11.1. The van der Waals surface area contributed by atoms with E-state index in [9.17, 15) is 0 Å². The molecule has 0 bridgehead atoms. The second-order valence-electron chi connectivity index (χ2n) is 6.57. The topological polar surface area (TPSA) is 27.7 Å². The van der Waals surface area contributed by atoms with Gasteiger partial charge in [-0.25, -0.2) is 0 Å². The van der Waals surface area contributed by atoms with Gasteiger partial charge in [0.1, 0.15) is 17.2 Å². The molecule has 3 aromatic rings. The molecule has 0 aliphatic rings. The van der Waals surface area contributed by atoms with Crippen molar-refractivity contribution in [1.82, 2.24) is 0 Å². The maximum absolute atomic E-state index is 6.16. The molecule has 0 amide bonds. The Kier molecular flexibility index (Phi) is 5.88. The molecule has 0 saturated heterocycles. The predicted molar refractivity (Wildman–Crippen MR) is 114 cm³/mol. The highest BCUT2D eigenvalue weighted by atomic mass is 32.5. The van der Waals surface area contributed by atoms with Crippen LogP contribution in [0.5, 0.6) is 17.2 Å². The van der Waals surface area contributed by atoms with E-state index in [1.165, 1.54) is 0 Å². The minimum atomic E-state index is -3.14. The Morgan fingerprint density at radius 2 is 1.11 bits per heavy atom. The highest BCUT2D eigenvalue weighted by Crippen LogP contribution is 2.51. The van der Waals surface area contributed by atoms with Crippen molar-refractivity contribution in [2.45, 2.75) is 27.7 Å². The quantitative estimate of drug-likeness (QED) is 0.433. The molecule has 27 heavy (non-hydrogen) atoms. The van der Waals surface area contributed by atoms with Gasteiger partial charge in [0.25, 0.3) is 0 Å². The van der Waals surface area contributed by atoms with Gasteiger partial charge in [0.2, 0.25) is 0 Å². The second kappa shape index (κ2) is 8.16. The van der Waals surface area contributed by atoms with E-state index in [-0.39, 0.29) is 0 Å². The lowest BCUT2D eigenvalue weighted by molar-refractivity contribution is 0.382. The molecule has 3 rings (SSSR count). The summed E-state index contributed by atoms with van der Waals surface area (Å²) in [6, 6.07) is 21.3. The molecule has 0 heterocycles. The smallest absolute Gasteiger partial charge is 0.407 e. The lowest BCUT2D eigenvalue weighted by Crippen LogP contribution is -2.08. The standard InChI is InChI=1S/C22H23O3PS/c1-16-10-12-21(18(3)14-16)24-26(27,23-20-8-6-5-7-9-20)25-22-13-11-17(2)15-19(22)4/h5-15H,1-4H3. The molecule has 0 unspecified atom stereocenters. The minimum absolute atomic E-state index is 0.621. The van der Waals surface area contributed by atoms with Crippen molar-refractivity contribution < 1.29 is 13.6 Å². The van der Waals surface area contributed by atoms with Gasteiger partial charge in [-0.1, -0.05) is 53.6 Å². The summed E-state index contributed by atoms with van der Waals surface area (Å²) in [6.07, 6.45) is 0. The average molecular weight is 398 g/mol. The summed E-state index contributed by atoms with van der Waals surface area (Å²) >= 11 is 5.78. The first-order valence-electron chi connectivity index (χ1n) is 8.73. The van der Waals surface area contributed by atoms with E-state index in [4.69, 9.17) is 25.4 Å². The molecular formula is C22H23O3PS. The largest absolute Gasteiger partial charge is 0.490 e. The zero-order chi connectivity index (χ0) is 19.4. The molecular weight excluding hydrogens is 375 g/mol. The van der Waals surface area contributed by atoms with Crippen molar-refractivity contribution in [3.05, 3.63) is 89.0 Å². The zero-order valence-corrected chi connectivity index (χ0v) is 17.6. The Bertz CT molecular complexity index is 929. The van der Waals surface area contributed by atoms with Crippen molar-refractivity contribution in [2.75, 3.05) is 0 Å². The Labute approximate surface area is 166 Å². The number of para-hydroxylation sites is 1. The molecule has 0 fully saturated rings. The fourth-order valence-electron chi connectivity index (χ4n) is 2.71. The van der Waals surface area contributed by atoms with Crippen LogP contribution < -0.4 is 13.6 Å². The molecule has 3 aromatic carbocycles. The highest BCUT2D eigenvalue weighted by molar-refractivity contribution is 8.08. The van der Waals surface area contributed by atoms with Crippen LogP contribution in [0.4, 0.5) is 0 Å². The fraction of sp³-hybridized carbons (Fsp3) is 0.182. The van der Waals surface area contributed by atoms with Crippen molar-refractivity contribution in [3.63, 3.8) is 0 Å². The molecule has 5 heteroatoms. The molecule has 0 aromatic heterocycles. The van der Waals surface area contributed by atoms with Gasteiger partial charge in [-0.2, -0.15) is 0 Å². The van der Waals surface area contributed by atoms with Crippen LogP contribution in [-0.4, -0.2) is 0 Å². The van der Waals surface area contributed by atoms with Crippen LogP contribution in [0.15, 0.2) is 66.7 Å². The third-order valence-corrected chi connectivity index (χ3v) is 5.99. The summed E-state index contributed by atoms with van der Waals surface area (Å²) in [4.78, 5) is 0. The molecule has 3 nitrogen and oxygen atoms in total. The Hall–Kier alpha value is -2.29. The van der Waals surface area contributed by atoms with Crippen molar-refractivity contribution >= 4 is 18.5 Å². The van der Waals surface area contributed by atoms with E-state index in [2.05, 4.69) is 12.1 Å². The molecule has 140 valence electrons. The maximum atomic E-state index is 6.16. The first-order valence-corrected chi connectivity index (χ1v) is 11.3. The summed E-state index contributed by atoms with van der Waals surface area (Å²) in [5.41, 5.74) is 4.30. The van der Waals surface area contributed by atoms with Gasteiger partial charge >= 0.3 is 6.72 Å². The van der Waals surface area contributed by atoms with Crippen LogP contribution in [0.3, 0.4) is 0 Å². The fourth-order valence-corrected chi connectivity index (χ4v) is 4.83. The molecule has 0 aliphatic carbocycles. The number of hydrogen-bond acceptors (Lipinski definition) is 4. The van der Waals surface area contributed by atoms with Crippen molar-refractivity contribution in [3.8, 4) is 17.2 Å². The molecule has 0 N–H and O–H groups in total. The van der Waals surface area contributed by atoms with Crippen LogP contribution in [0.2, 0.25) is 0 Å². The lowest BCUT2D eigenvalue weighted by Gasteiger charge is -2.25. The SMILES string of the molecule is Cc1ccc(OP(=S)(Oc2ccccc2)Oc2ccc(C)cc2C)c(C)c1. The van der Waals surface area contributed by atoms with Gasteiger partial charge in [0.05, 0.1) is 0 Å². The van der Waals surface area contributed by atoms with Crippen LogP contribution in [0.25, 0.3) is 0 Å². The van der Waals surface area contributed by atoms with Gasteiger partial charge in [-0.15, -0.1) is 0 Å². The minimum Gasteiger partial charge on any atom is -0.407 e. The van der Waals surface area contributed by atoms with Crippen LogP contribution in [-0.2, 0) is 11.8 Å². The predicted octanol–water partition coefficient (Wildman–Crippen LogP) is 6.68. The Balaban J connectivity index is 1.96. The van der Waals surface area contributed by atoms with E-state index < -0.39 is 6.72 Å². The lowest BCUT2D eigenvalue weighted by atomic mass is 10.1. The van der Waals surface area contributed by atoms with Gasteiger partial charge in [-0.3, -0.25) is 0 Å². The first kappa shape index (κ1) is 19.5. The maximum Gasteiger partial charge on any atom is 0.490 e. The average Bonchev–Trinajstić information content (AvgIpc) is 2.61. The molecule has 0 aliphatic heterocycles. The van der Waals surface area contributed by atoms with Crippen LogP contribution in [0, 0.1) is 27.7 Å². The number of aryl methyl sites for hydroxylation is 4. The van der Waals surface area contributed by atoms with Crippen LogP contribution >= 0.6 is 6.72 Å². The first-order chi connectivity index (χ1) is 12.8. The third-order valence-electron chi connectivity index (χ3n) is 4.04. The number of hydrogen-bond donors (Lipinski definition) is 0. The summed E-state index contributed by atoms with van der Waals surface area (Å²) in [5, 5.41) is 0. The molecule has 0 spiro atoms. The van der Waals surface area contributed by atoms with Crippen molar-refractivity contribution in [1.29, 1.82) is 0 Å². The second-order valence-corrected chi connectivity index (χ2v) is 9.36. The van der Waals surface area contributed by atoms with E-state index in [1.807, 2.05) is 82.3 Å². The molecule has 0 saturated carbocycles. The summed E-state index contributed by atoms with van der Waals surface area (Å²) in [6.45, 7) is 4.92. The summed E-state index contributed by atoms with van der Waals surface area (Å²) in [7, 11) is 0. The monoisotopic (exact) mass is 398 g/mol. The Morgan fingerprint density at radius 3 is 1.56 bits per heavy atom. The van der Waals surface area contributed by atoms with Crippen molar-refractivity contribution in [2.24, 2.45) is 0 Å². The van der Waals surface area contributed by atoms with Crippen LogP contribution in [0.1, 0.15) is 22.3 Å². The van der Waals surface area contributed by atoms with E-state index in [0.717, 1.165) is 22.3 Å². The Morgan fingerprint density at radius 1 is 0.630 bits per heavy atom. The van der Waals surface area contributed by atoms with Gasteiger partial charge in [-0.05, 0) is 63.1 Å². The van der Waals surface area contributed by atoms with Gasteiger partial charge in [0.15, 0.2) is 0 Å². The highest BCUT2D eigenvalue weighted by Gasteiger charge is 2.28.